The smallest absolute Gasteiger partial charge is 0.407 e. The van der Waals surface area contributed by atoms with Crippen molar-refractivity contribution in [2.45, 2.75) is 64.5 Å². The lowest BCUT2D eigenvalue weighted by Crippen LogP contribution is -2.43. The third-order valence-electron chi connectivity index (χ3n) is 6.49. The van der Waals surface area contributed by atoms with E-state index < -0.39 is 23.3 Å². The predicted octanol–water partition coefficient (Wildman–Crippen LogP) is 5.02. The van der Waals surface area contributed by atoms with Crippen LogP contribution >= 0.6 is 0 Å². The summed E-state index contributed by atoms with van der Waals surface area (Å²) in [6.45, 7) is 11.7. The fourth-order valence-corrected chi connectivity index (χ4v) is 4.60. The highest BCUT2D eigenvalue weighted by Gasteiger charge is 2.36. The van der Waals surface area contributed by atoms with Gasteiger partial charge < -0.3 is 20.3 Å². The summed E-state index contributed by atoms with van der Waals surface area (Å²) in [5, 5.41) is 6.26. The zero-order valence-electron chi connectivity index (χ0n) is 21.6. The summed E-state index contributed by atoms with van der Waals surface area (Å²) in [6, 6.07) is -0.379. The number of hydrogen-bond donors (Lipinski definition) is 2. The SMILES string of the molecule is C=C/C(F)=C\C=C(\F)C[C@H]1CN(c2ncc(CCC3CCNCC3)cn2)C[C@@H]1NC(=O)OC(C)(C)C. The Kier molecular flexibility index (Phi) is 9.98. The lowest BCUT2D eigenvalue weighted by molar-refractivity contribution is 0.0497. The Labute approximate surface area is 213 Å². The van der Waals surface area contributed by atoms with Crippen LogP contribution in [0.15, 0.2) is 48.9 Å². The molecule has 2 fully saturated rings. The summed E-state index contributed by atoms with van der Waals surface area (Å²) >= 11 is 0. The number of alkyl carbamates (subject to hydrolysis) is 1. The van der Waals surface area contributed by atoms with Crippen LogP contribution in [0.1, 0.15) is 52.0 Å². The van der Waals surface area contributed by atoms with E-state index in [1.807, 2.05) is 17.3 Å². The van der Waals surface area contributed by atoms with E-state index in [1.165, 1.54) is 12.8 Å². The average Bonchev–Trinajstić information content (AvgIpc) is 3.22. The highest BCUT2D eigenvalue weighted by atomic mass is 19.1. The predicted molar refractivity (Wildman–Crippen MR) is 138 cm³/mol. The molecule has 36 heavy (non-hydrogen) atoms. The molecule has 2 saturated heterocycles. The molecule has 0 saturated carbocycles. The van der Waals surface area contributed by atoms with E-state index >= 15 is 0 Å². The number of rotatable bonds is 9. The molecule has 1 aromatic rings. The first kappa shape index (κ1) is 27.8. The molecular formula is C27H39F2N5O2. The van der Waals surface area contributed by atoms with E-state index in [9.17, 15) is 13.6 Å². The second-order valence-electron chi connectivity index (χ2n) is 10.6. The average molecular weight is 504 g/mol. The topological polar surface area (TPSA) is 79.4 Å². The van der Waals surface area contributed by atoms with E-state index in [0.717, 1.165) is 55.6 Å². The van der Waals surface area contributed by atoms with Crippen molar-refractivity contribution in [1.82, 2.24) is 20.6 Å². The minimum Gasteiger partial charge on any atom is -0.444 e. The van der Waals surface area contributed by atoms with Gasteiger partial charge in [0.25, 0.3) is 0 Å². The van der Waals surface area contributed by atoms with Gasteiger partial charge in [0.2, 0.25) is 5.95 Å². The number of amides is 1. The van der Waals surface area contributed by atoms with E-state index in [4.69, 9.17) is 4.74 Å². The third kappa shape index (κ3) is 9.00. The number of carbonyl (C=O) groups excluding carboxylic acids is 1. The summed E-state index contributed by atoms with van der Waals surface area (Å²) < 4.78 is 33.3. The first-order chi connectivity index (χ1) is 17.1. The number of hydrogen-bond acceptors (Lipinski definition) is 6. The van der Waals surface area contributed by atoms with Crippen LogP contribution in [0.2, 0.25) is 0 Å². The third-order valence-corrected chi connectivity index (χ3v) is 6.49. The van der Waals surface area contributed by atoms with Crippen LogP contribution in [0, 0.1) is 11.8 Å². The standard InChI is InChI=1S/C27H39F2N5O2/c1-5-22(28)8-9-23(29)14-21-17-34(18-24(21)33-26(35)36-27(2,3)4)25-31-15-20(16-32-25)7-6-19-10-12-30-13-11-19/h5,8-9,15-16,19,21,24,30H,1,6-7,10-14,17-18H2,2-4H3,(H,33,35)/b22-8+,23-9+/t21-,24-/m0/s1. The zero-order valence-corrected chi connectivity index (χ0v) is 21.6. The number of ether oxygens (including phenoxy) is 1. The Morgan fingerprint density at radius 2 is 1.92 bits per heavy atom. The molecule has 0 aliphatic carbocycles. The molecule has 2 atom stereocenters. The second-order valence-corrected chi connectivity index (χ2v) is 10.6. The Morgan fingerprint density at radius 1 is 1.22 bits per heavy atom. The van der Waals surface area contributed by atoms with Gasteiger partial charge in [-0.1, -0.05) is 6.58 Å². The number of halogens is 2. The van der Waals surface area contributed by atoms with Crippen LogP contribution in [0.25, 0.3) is 0 Å². The Balaban J connectivity index is 1.65. The molecule has 3 rings (SSSR count). The number of nitrogens with zero attached hydrogens (tertiary/aromatic N) is 3. The van der Waals surface area contributed by atoms with Crippen LogP contribution in [0.3, 0.4) is 0 Å². The van der Waals surface area contributed by atoms with Crippen LogP contribution in [0.4, 0.5) is 19.5 Å². The van der Waals surface area contributed by atoms with Gasteiger partial charge in [-0.05, 0) is 89.3 Å². The van der Waals surface area contributed by atoms with E-state index in [0.29, 0.717) is 19.0 Å². The van der Waals surface area contributed by atoms with Crippen molar-refractivity contribution in [3.05, 3.63) is 54.4 Å². The van der Waals surface area contributed by atoms with Crippen molar-refractivity contribution in [2.24, 2.45) is 11.8 Å². The molecule has 1 amide bonds. The van der Waals surface area contributed by atoms with E-state index in [-0.39, 0.29) is 18.4 Å². The van der Waals surface area contributed by atoms with Crippen LogP contribution in [-0.2, 0) is 11.2 Å². The van der Waals surface area contributed by atoms with Gasteiger partial charge in [0.1, 0.15) is 17.3 Å². The molecule has 7 nitrogen and oxygen atoms in total. The molecule has 2 aliphatic heterocycles. The summed E-state index contributed by atoms with van der Waals surface area (Å²) in [5.41, 5.74) is 0.449. The van der Waals surface area contributed by atoms with Gasteiger partial charge in [0.15, 0.2) is 0 Å². The van der Waals surface area contributed by atoms with Crippen molar-refractivity contribution in [3.63, 3.8) is 0 Å². The number of piperidine rings is 1. The van der Waals surface area contributed by atoms with Crippen LogP contribution in [0.5, 0.6) is 0 Å². The number of anilines is 1. The van der Waals surface area contributed by atoms with Gasteiger partial charge in [0.05, 0.1) is 6.04 Å². The summed E-state index contributed by atoms with van der Waals surface area (Å²) in [6.07, 6.45) is 10.8. The molecule has 2 N–H and O–H groups in total. The van der Waals surface area contributed by atoms with Gasteiger partial charge in [-0.3, -0.25) is 0 Å². The zero-order chi connectivity index (χ0) is 26.1. The molecule has 2 aliphatic rings. The molecule has 198 valence electrons. The van der Waals surface area contributed by atoms with Crippen LogP contribution in [-0.4, -0.2) is 53.9 Å². The summed E-state index contributed by atoms with van der Waals surface area (Å²) in [4.78, 5) is 23.5. The fourth-order valence-electron chi connectivity index (χ4n) is 4.60. The molecule has 3 heterocycles. The lowest BCUT2D eigenvalue weighted by atomic mass is 9.92. The number of allylic oxidation sites excluding steroid dienone is 5. The lowest BCUT2D eigenvalue weighted by Gasteiger charge is -2.24. The molecule has 0 bridgehead atoms. The highest BCUT2D eigenvalue weighted by molar-refractivity contribution is 5.68. The maximum atomic E-state index is 14.6. The molecule has 9 heteroatoms. The fraction of sp³-hybridized carbons (Fsp3) is 0.593. The molecule has 0 radical (unpaired) electrons. The summed E-state index contributed by atoms with van der Waals surface area (Å²) in [5.74, 6) is -0.0831. The molecular weight excluding hydrogens is 464 g/mol. The molecule has 0 aromatic carbocycles. The Morgan fingerprint density at radius 3 is 2.56 bits per heavy atom. The van der Waals surface area contributed by atoms with Crippen molar-refractivity contribution < 1.29 is 18.3 Å². The van der Waals surface area contributed by atoms with Crippen molar-refractivity contribution >= 4 is 12.0 Å². The van der Waals surface area contributed by atoms with Crippen LogP contribution < -0.4 is 15.5 Å². The molecule has 0 unspecified atom stereocenters. The van der Waals surface area contributed by atoms with Gasteiger partial charge in [0, 0.05) is 37.8 Å². The maximum Gasteiger partial charge on any atom is 0.407 e. The highest BCUT2D eigenvalue weighted by Crippen LogP contribution is 2.28. The normalized spacial score (nSPS) is 22.0. The summed E-state index contributed by atoms with van der Waals surface area (Å²) in [7, 11) is 0. The first-order valence-electron chi connectivity index (χ1n) is 12.7. The van der Waals surface area contributed by atoms with E-state index in [1.54, 1.807) is 20.8 Å². The van der Waals surface area contributed by atoms with Crippen molar-refractivity contribution in [1.29, 1.82) is 0 Å². The van der Waals surface area contributed by atoms with Crippen molar-refractivity contribution in [3.8, 4) is 0 Å². The van der Waals surface area contributed by atoms with Crippen molar-refractivity contribution in [2.75, 3.05) is 31.1 Å². The monoisotopic (exact) mass is 503 g/mol. The number of aromatic nitrogens is 2. The quantitative estimate of drug-likeness (QED) is 0.461. The Bertz CT molecular complexity index is 936. The number of carbonyl (C=O) groups is 1. The minimum atomic E-state index is -0.650. The first-order valence-corrected chi connectivity index (χ1v) is 12.7. The van der Waals surface area contributed by atoms with Gasteiger partial charge in [-0.25, -0.2) is 23.5 Å². The number of nitrogens with one attached hydrogen (secondary N) is 2. The second kappa shape index (κ2) is 12.9. The largest absolute Gasteiger partial charge is 0.444 e. The maximum absolute atomic E-state index is 14.6. The van der Waals surface area contributed by atoms with Gasteiger partial charge in [-0.15, -0.1) is 0 Å². The molecule has 1 aromatic heterocycles. The minimum absolute atomic E-state index is 0.0339. The molecule has 0 spiro atoms. The van der Waals surface area contributed by atoms with E-state index in [2.05, 4.69) is 27.2 Å². The number of aryl methyl sites for hydroxylation is 1. The Hall–Kier alpha value is -2.81. The van der Waals surface area contributed by atoms with Gasteiger partial charge >= 0.3 is 6.09 Å². The van der Waals surface area contributed by atoms with Gasteiger partial charge in [-0.2, -0.15) is 0 Å².